The van der Waals surface area contributed by atoms with Gasteiger partial charge in [-0.3, -0.25) is 14.6 Å². The number of methoxy groups -OCH3 is 2. The molecule has 2 N–H and O–H groups in total. The van der Waals surface area contributed by atoms with Gasteiger partial charge in [0.05, 0.1) is 20.3 Å². The Balaban J connectivity index is 1.53. The van der Waals surface area contributed by atoms with Gasteiger partial charge in [0.2, 0.25) is 0 Å². The van der Waals surface area contributed by atoms with Gasteiger partial charge >= 0.3 is 6.03 Å². The Morgan fingerprint density at radius 1 is 1.14 bits per heavy atom. The van der Waals surface area contributed by atoms with Crippen LogP contribution in [0.5, 0.6) is 11.5 Å². The predicted octanol–water partition coefficient (Wildman–Crippen LogP) is 2.93. The molecule has 2 aliphatic heterocycles. The first-order valence-corrected chi connectivity index (χ1v) is 11.8. The maximum Gasteiger partial charge on any atom is 0.325 e. The lowest BCUT2D eigenvalue weighted by molar-refractivity contribution is -0.134. The van der Waals surface area contributed by atoms with Crippen molar-refractivity contribution in [2.45, 2.75) is 31.3 Å². The minimum absolute atomic E-state index is 0.120. The second-order valence-electron chi connectivity index (χ2n) is 9.20. The number of halogens is 1. The van der Waals surface area contributed by atoms with Crippen LogP contribution >= 0.6 is 0 Å². The summed E-state index contributed by atoms with van der Waals surface area (Å²) in [6.45, 7) is 2.34. The van der Waals surface area contributed by atoms with E-state index in [4.69, 9.17) is 9.47 Å². The monoisotopic (exact) mass is 485 g/mol. The summed E-state index contributed by atoms with van der Waals surface area (Å²) in [6.07, 6.45) is 1.56. The summed E-state index contributed by atoms with van der Waals surface area (Å²) in [5.41, 5.74) is 0.298. The number of nitrogens with one attached hydrogen (secondary N) is 1. The van der Waals surface area contributed by atoms with Gasteiger partial charge in [-0.15, -0.1) is 0 Å². The molecule has 8 nitrogen and oxygen atoms in total. The summed E-state index contributed by atoms with van der Waals surface area (Å²) in [5.74, 6) is 0.107. The largest absolute Gasteiger partial charge is 0.508 e. The highest BCUT2D eigenvalue weighted by atomic mass is 19.1. The number of imide groups is 1. The number of piperidine rings is 1. The number of hydrogen-bond acceptors (Lipinski definition) is 6. The third-order valence-electron chi connectivity index (χ3n) is 7.06. The van der Waals surface area contributed by atoms with E-state index in [1.165, 1.54) is 24.1 Å². The maximum absolute atomic E-state index is 13.9. The zero-order chi connectivity index (χ0) is 25.0. The molecule has 0 aromatic heterocycles. The molecule has 0 saturated carbocycles. The minimum Gasteiger partial charge on any atom is -0.508 e. The molecule has 0 bridgehead atoms. The van der Waals surface area contributed by atoms with E-state index < -0.39 is 11.6 Å². The van der Waals surface area contributed by atoms with Crippen LogP contribution in [0.2, 0.25) is 0 Å². The van der Waals surface area contributed by atoms with Gasteiger partial charge in [0, 0.05) is 25.6 Å². The molecule has 2 aromatic rings. The molecule has 1 unspecified atom stereocenters. The summed E-state index contributed by atoms with van der Waals surface area (Å²) in [4.78, 5) is 29.9. The van der Waals surface area contributed by atoms with Crippen LogP contribution in [0.1, 0.15) is 24.0 Å². The van der Waals surface area contributed by atoms with Crippen molar-refractivity contribution in [2.75, 3.05) is 40.5 Å². The number of phenolic OH excluding ortho intramolecular Hbond substituents is 1. The average Bonchev–Trinajstić information content (AvgIpc) is 3.09. The van der Waals surface area contributed by atoms with Gasteiger partial charge in [-0.2, -0.15) is 0 Å². The number of urea groups is 1. The van der Waals surface area contributed by atoms with Crippen LogP contribution in [0.4, 0.5) is 9.18 Å². The van der Waals surface area contributed by atoms with Crippen molar-refractivity contribution in [3.8, 4) is 11.5 Å². The number of carbonyl (C=O) groups is 2. The summed E-state index contributed by atoms with van der Waals surface area (Å²) in [6, 6.07) is 10.9. The van der Waals surface area contributed by atoms with Gasteiger partial charge in [-0.25, -0.2) is 9.18 Å². The Bertz CT molecular complexity index is 1070. The van der Waals surface area contributed by atoms with E-state index in [2.05, 4.69) is 10.2 Å². The number of amides is 3. The third kappa shape index (κ3) is 5.26. The van der Waals surface area contributed by atoms with Crippen LogP contribution in [0.15, 0.2) is 42.5 Å². The third-order valence-corrected chi connectivity index (χ3v) is 7.06. The number of nitrogens with zero attached hydrogens (tertiary/aromatic N) is 2. The molecule has 2 aromatic carbocycles. The number of phenols is 1. The second-order valence-corrected chi connectivity index (χ2v) is 9.20. The Kier molecular flexibility index (Phi) is 7.57. The summed E-state index contributed by atoms with van der Waals surface area (Å²) in [5, 5.41) is 13.2. The normalized spacial score (nSPS) is 21.4. The van der Waals surface area contributed by atoms with Crippen molar-refractivity contribution in [1.29, 1.82) is 0 Å². The van der Waals surface area contributed by atoms with E-state index in [1.54, 1.807) is 31.4 Å². The molecule has 2 fully saturated rings. The van der Waals surface area contributed by atoms with Crippen molar-refractivity contribution < 1.29 is 28.6 Å². The number of likely N-dealkylation sites (tertiary alicyclic amines) is 1. The van der Waals surface area contributed by atoms with E-state index >= 15 is 0 Å². The Hall–Kier alpha value is -3.17. The number of benzene rings is 2. The van der Waals surface area contributed by atoms with Crippen molar-refractivity contribution in [2.24, 2.45) is 5.92 Å². The summed E-state index contributed by atoms with van der Waals surface area (Å²) >= 11 is 0. The lowest BCUT2D eigenvalue weighted by atomic mass is 9.74. The smallest absolute Gasteiger partial charge is 0.325 e. The van der Waals surface area contributed by atoms with Gasteiger partial charge in [0.1, 0.15) is 22.9 Å². The Morgan fingerprint density at radius 3 is 2.60 bits per heavy atom. The molecule has 2 heterocycles. The first-order valence-electron chi connectivity index (χ1n) is 11.8. The number of carbonyl (C=O) groups excluding carboxylic acids is 2. The highest BCUT2D eigenvalue weighted by Crippen LogP contribution is 2.37. The Morgan fingerprint density at radius 2 is 1.91 bits per heavy atom. The highest BCUT2D eigenvalue weighted by Gasteiger charge is 2.55. The molecule has 35 heavy (non-hydrogen) atoms. The van der Waals surface area contributed by atoms with Crippen LogP contribution in [-0.2, 0) is 22.5 Å². The zero-order valence-electron chi connectivity index (χ0n) is 20.1. The van der Waals surface area contributed by atoms with E-state index in [1.807, 2.05) is 6.07 Å². The first-order chi connectivity index (χ1) is 16.9. The van der Waals surface area contributed by atoms with Crippen LogP contribution in [0, 0.1) is 11.7 Å². The molecular weight excluding hydrogens is 453 g/mol. The number of ether oxygens (including phenoxy) is 2. The van der Waals surface area contributed by atoms with Gasteiger partial charge in [0.25, 0.3) is 5.91 Å². The van der Waals surface area contributed by atoms with Crippen LogP contribution < -0.4 is 10.1 Å². The lowest BCUT2D eigenvalue weighted by Crippen LogP contribution is -2.57. The molecule has 3 amide bonds. The van der Waals surface area contributed by atoms with E-state index in [-0.39, 0.29) is 43.0 Å². The Labute approximate surface area is 204 Å². The van der Waals surface area contributed by atoms with E-state index in [0.717, 1.165) is 5.56 Å². The second kappa shape index (κ2) is 10.6. The molecule has 2 saturated heterocycles. The fourth-order valence-corrected chi connectivity index (χ4v) is 5.18. The molecule has 188 valence electrons. The predicted molar refractivity (Wildman–Crippen MR) is 128 cm³/mol. The van der Waals surface area contributed by atoms with Crippen molar-refractivity contribution in [1.82, 2.24) is 15.1 Å². The molecule has 0 spiro atoms. The molecule has 0 aliphatic carbocycles. The SMILES string of the molecule is COCCN1C(=O)NC(Cc2cccc(F)c2)(C2CCN(Cc3cc(OC)ccc3O)CC2)C1=O. The maximum atomic E-state index is 13.9. The highest BCUT2D eigenvalue weighted by molar-refractivity contribution is 6.07. The van der Waals surface area contributed by atoms with Crippen LogP contribution in [0.3, 0.4) is 0 Å². The van der Waals surface area contributed by atoms with Gasteiger partial charge < -0.3 is 19.9 Å². The first kappa shape index (κ1) is 24.9. The zero-order valence-corrected chi connectivity index (χ0v) is 20.1. The molecule has 9 heteroatoms. The molecule has 0 radical (unpaired) electrons. The summed E-state index contributed by atoms with van der Waals surface area (Å²) < 4.78 is 24.3. The molecule has 2 aliphatic rings. The summed E-state index contributed by atoms with van der Waals surface area (Å²) in [7, 11) is 3.11. The topological polar surface area (TPSA) is 91.3 Å². The lowest BCUT2D eigenvalue weighted by Gasteiger charge is -2.41. The van der Waals surface area contributed by atoms with Crippen LogP contribution in [-0.4, -0.2) is 72.8 Å². The number of hydrogen-bond donors (Lipinski definition) is 2. The van der Waals surface area contributed by atoms with E-state index in [0.29, 0.717) is 43.8 Å². The number of rotatable bonds is 9. The fraction of sp³-hybridized carbons (Fsp3) is 0.462. The minimum atomic E-state index is -1.14. The van der Waals surface area contributed by atoms with Gasteiger partial charge in [0.15, 0.2) is 0 Å². The van der Waals surface area contributed by atoms with Crippen molar-refractivity contribution in [3.05, 3.63) is 59.4 Å². The average molecular weight is 486 g/mol. The quantitative estimate of drug-likeness (QED) is 0.531. The molecular formula is C26H32FN3O5. The fourth-order valence-electron chi connectivity index (χ4n) is 5.18. The van der Waals surface area contributed by atoms with Gasteiger partial charge in [-0.1, -0.05) is 12.1 Å². The van der Waals surface area contributed by atoms with Crippen molar-refractivity contribution in [3.63, 3.8) is 0 Å². The number of aromatic hydroxyl groups is 1. The standard InChI is InChI=1S/C26H32FN3O5/c1-34-13-12-30-24(32)26(28-25(30)33,16-18-4-3-5-21(27)14-18)20-8-10-29(11-9-20)17-19-15-22(35-2)6-7-23(19)31/h3-7,14-15,20,31H,8-13,16-17H2,1-2H3,(H,28,33). The van der Waals surface area contributed by atoms with Crippen LogP contribution in [0.25, 0.3) is 0 Å². The van der Waals surface area contributed by atoms with E-state index in [9.17, 15) is 19.1 Å². The molecule has 1 atom stereocenters. The van der Waals surface area contributed by atoms with Crippen molar-refractivity contribution >= 4 is 11.9 Å². The van der Waals surface area contributed by atoms with Gasteiger partial charge in [-0.05, 0) is 67.7 Å². The molecule has 4 rings (SSSR count).